The quantitative estimate of drug-likeness (QED) is 0.815. The van der Waals surface area contributed by atoms with Crippen LogP contribution in [0.2, 0.25) is 0 Å². The van der Waals surface area contributed by atoms with Gasteiger partial charge in [-0.15, -0.1) is 0 Å². The van der Waals surface area contributed by atoms with Crippen LogP contribution in [-0.4, -0.2) is 23.3 Å². The smallest absolute Gasteiger partial charge is 0.305 e. The standard InChI is InChI=1S/C20H24O4/c1-13-11-15(5-7-17(13)21)20(3,10-9-19(23)24-4)16-6-8-18(22)14(2)12-16/h5-8,11-12,21-22H,9-10H2,1-4H3. The van der Waals surface area contributed by atoms with E-state index >= 15 is 0 Å². The van der Waals surface area contributed by atoms with Crippen molar-refractivity contribution < 1.29 is 19.7 Å². The fourth-order valence-electron chi connectivity index (χ4n) is 2.91. The first-order valence-corrected chi connectivity index (χ1v) is 7.95. The molecular weight excluding hydrogens is 304 g/mol. The highest BCUT2D eigenvalue weighted by atomic mass is 16.5. The molecule has 0 heterocycles. The third kappa shape index (κ3) is 3.53. The minimum Gasteiger partial charge on any atom is -0.508 e. The van der Waals surface area contributed by atoms with Crippen molar-refractivity contribution in [2.45, 2.75) is 39.0 Å². The van der Waals surface area contributed by atoms with Crippen molar-refractivity contribution in [2.24, 2.45) is 0 Å². The van der Waals surface area contributed by atoms with E-state index in [1.165, 1.54) is 7.11 Å². The number of carbonyl (C=O) groups is 1. The number of phenolic OH excluding ortho intramolecular Hbond substituents is 2. The molecule has 0 aliphatic heterocycles. The normalized spacial score (nSPS) is 11.3. The van der Waals surface area contributed by atoms with E-state index in [1.807, 2.05) is 38.1 Å². The van der Waals surface area contributed by atoms with Crippen LogP contribution in [0.1, 0.15) is 42.0 Å². The molecule has 0 saturated carbocycles. The van der Waals surface area contributed by atoms with Crippen molar-refractivity contribution in [2.75, 3.05) is 7.11 Å². The third-order valence-electron chi connectivity index (χ3n) is 4.72. The second-order valence-electron chi connectivity index (χ2n) is 6.41. The zero-order chi connectivity index (χ0) is 17.9. The van der Waals surface area contributed by atoms with Crippen molar-refractivity contribution in [3.05, 3.63) is 58.7 Å². The maximum absolute atomic E-state index is 11.7. The number of hydrogen-bond acceptors (Lipinski definition) is 4. The van der Waals surface area contributed by atoms with Gasteiger partial charge >= 0.3 is 5.97 Å². The second kappa shape index (κ2) is 6.95. The van der Waals surface area contributed by atoms with Gasteiger partial charge in [0.05, 0.1) is 7.11 Å². The molecule has 4 heteroatoms. The van der Waals surface area contributed by atoms with Gasteiger partial charge in [-0.05, 0) is 54.7 Å². The molecule has 128 valence electrons. The molecule has 24 heavy (non-hydrogen) atoms. The van der Waals surface area contributed by atoms with Gasteiger partial charge in [0.25, 0.3) is 0 Å². The van der Waals surface area contributed by atoms with Crippen LogP contribution in [0.5, 0.6) is 11.5 Å². The van der Waals surface area contributed by atoms with E-state index in [2.05, 4.69) is 6.92 Å². The summed E-state index contributed by atoms with van der Waals surface area (Å²) in [5, 5.41) is 19.6. The van der Waals surface area contributed by atoms with E-state index in [4.69, 9.17) is 4.74 Å². The monoisotopic (exact) mass is 328 g/mol. The summed E-state index contributed by atoms with van der Waals surface area (Å²) in [5.74, 6) is 0.235. The Balaban J connectivity index is 2.52. The van der Waals surface area contributed by atoms with Gasteiger partial charge in [0, 0.05) is 11.8 Å². The van der Waals surface area contributed by atoms with Crippen molar-refractivity contribution in [3.63, 3.8) is 0 Å². The number of esters is 1. The molecule has 0 fully saturated rings. The van der Waals surface area contributed by atoms with Crippen LogP contribution in [0.4, 0.5) is 0 Å². The highest BCUT2D eigenvalue weighted by Gasteiger charge is 2.30. The van der Waals surface area contributed by atoms with Crippen LogP contribution < -0.4 is 0 Å². The topological polar surface area (TPSA) is 66.8 Å². The van der Waals surface area contributed by atoms with Crippen molar-refractivity contribution in [1.29, 1.82) is 0 Å². The summed E-state index contributed by atoms with van der Waals surface area (Å²) < 4.78 is 4.78. The zero-order valence-corrected chi connectivity index (χ0v) is 14.6. The predicted molar refractivity (Wildman–Crippen MR) is 93.4 cm³/mol. The zero-order valence-electron chi connectivity index (χ0n) is 14.6. The third-order valence-corrected chi connectivity index (χ3v) is 4.72. The Hall–Kier alpha value is -2.49. The van der Waals surface area contributed by atoms with Gasteiger partial charge in [-0.2, -0.15) is 0 Å². The van der Waals surface area contributed by atoms with Gasteiger partial charge in [-0.25, -0.2) is 0 Å². The first kappa shape index (κ1) is 17.9. The van der Waals surface area contributed by atoms with Crippen LogP contribution in [-0.2, 0) is 14.9 Å². The van der Waals surface area contributed by atoms with Gasteiger partial charge < -0.3 is 14.9 Å². The Morgan fingerprint density at radius 3 is 1.83 bits per heavy atom. The molecule has 2 aromatic rings. The highest BCUT2D eigenvalue weighted by molar-refractivity contribution is 5.69. The van der Waals surface area contributed by atoms with Gasteiger partial charge in [0.2, 0.25) is 0 Å². The molecule has 0 aromatic heterocycles. The molecule has 2 rings (SSSR count). The Labute approximate surface area is 142 Å². The molecule has 0 aliphatic carbocycles. The number of carbonyl (C=O) groups excluding carboxylic acids is 1. The van der Waals surface area contributed by atoms with Crippen LogP contribution in [0.25, 0.3) is 0 Å². The van der Waals surface area contributed by atoms with Crippen LogP contribution in [0, 0.1) is 13.8 Å². The van der Waals surface area contributed by atoms with E-state index < -0.39 is 5.41 Å². The van der Waals surface area contributed by atoms with E-state index in [9.17, 15) is 15.0 Å². The Morgan fingerprint density at radius 2 is 1.46 bits per heavy atom. The number of phenols is 2. The number of aryl methyl sites for hydroxylation is 2. The summed E-state index contributed by atoms with van der Waals surface area (Å²) in [6.07, 6.45) is 0.848. The number of benzene rings is 2. The molecular formula is C20H24O4. The minimum absolute atomic E-state index is 0.246. The SMILES string of the molecule is COC(=O)CCC(C)(c1ccc(O)c(C)c1)c1ccc(O)c(C)c1. The molecule has 0 saturated heterocycles. The molecule has 0 amide bonds. The van der Waals surface area contributed by atoms with Gasteiger partial charge in [0.1, 0.15) is 11.5 Å². The first-order chi connectivity index (χ1) is 11.3. The van der Waals surface area contributed by atoms with Crippen molar-refractivity contribution >= 4 is 5.97 Å². The Morgan fingerprint density at radius 1 is 1.00 bits per heavy atom. The van der Waals surface area contributed by atoms with Crippen LogP contribution in [0.15, 0.2) is 36.4 Å². The van der Waals surface area contributed by atoms with Crippen molar-refractivity contribution in [1.82, 2.24) is 0 Å². The van der Waals surface area contributed by atoms with E-state index in [-0.39, 0.29) is 23.9 Å². The fraction of sp³-hybridized carbons (Fsp3) is 0.350. The predicted octanol–water partition coefficient (Wildman–Crippen LogP) is 3.97. The molecule has 0 radical (unpaired) electrons. The largest absolute Gasteiger partial charge is 0.508 e. The van der Waals surface area contributed by atoms with Crippen molar-refractivity contribution in [3.8, 4) is 11.5 Å². The highest BCUT2D eigenvalue weighted by Crippen LogP contribution is 2.39. The van der Waals surface area contributed by atoms with E-state index in [0.717, 1.165) is 22.3 Å². The number of rotatable bonds is 5. The number of ether oxygens (including phenoxy) is 1. The molecule has 2 N–H and O–H groups in total. The lowest BCUT2D eigenvalue weighted by Gasteiger charge is -2.31. The number of hydrogen-bond donors (Lipinski definition) is 2. The molecule has 0 atom stereocenters. The number of methoxy groups -OCH3 is 1. The summed E-state index contributed by atoms with van der Waals surface area (Å²) in [7, 11) is 1.38. The lowest BCUT2D eigenvalue weighted by atomic mass is 9.72. The Kier molecular flexibility index (Phi) is 5.17. The molecule has 0 unspecified atom stereocenters. The average Bonchev–Trinajstić information content (AvgIpc) is 2.57. The van der Waals surface area contributed by atoms with Crippen LogP contribution >= 0.6 is 0 Å². The number of aromatic hydroxyl groups is 2. The van der Waals surface area contributed by atoms with E-state index in [0.29, 0.717) is 6.42 Å². The molecule has 0 spiro atoms. The summed E-state index contributed by atoms with van der Waals surface area (Å²) >= 11 is 0. The Bertz CT molecular complexity index is 698. The first-order valence-electron chi connectivity index (χ1n) is 7.95. The molecule has 4 nitrogen and oxygen atoms in total. The van der Waals surface area contributed by atoms with E-state index in [1.54, 1.807) is 12.1 Å². The summed E-state index contributed by atoms with van der Waals surface area (Å²) in [5.41, 5.74) is 3.14. The van der Waals surface area contributed by atoms with Crippen LogP contribution in [0.3, 0.4) is 0 Å². The summed E-state index contributed by atoms with van der Waals surface area (Å²) in [4.78, 5) is 11.7. The molecule has 0 bridgehead atoms. The van der Waals surface area contributed by atoms with Gasteiger partial charge in [-0.3, -0.25) is 4.79 Å². The summed E-state index contributed by atoms with van der Waals surface area (Å²) in [6.45, 7) is 5.76. The van der Waals surface area contributed by atoms with Gasteiger partial charge in [0.15, 0.2) is 0 Å². The minimum atomic E-state index is -0.439. The summed E-state index contributed by atoms with van der Waals surface area (Å²) in [6, 6.07) is 11.0. The molecule has 2 aromatic carbocycles. The maximum atomic E-state index is 11.7. The van der Waals surface area contributed by atoms with Gasteiger partial charge in [-0.1, -0.05) is 31.2 Å². The lowest BCUT2D eigenvalue weighted by molar-refractivity contribution is -0.140. The fourth-order valence-corrected chi connectivity index (χ4v) is 2.91. The average molecular weight is 328 g/mol. The maximum Gasteiger partial charge on any atom is 0.305 e. The lowest BCUT2D eigenvalue weighted by Crippen LogP contribution is -2.25. The molecule has 0 aliphatic rings. The second-order valence-corrected chi connectivity index (χ2v) is 6.41.